The number of nitriles is 2. The molecule has 3 heterocycles. The molecule has 5 rings (SSSR count). The number of hydrazine groups is 2. The van der Waals surface area contributed by atoms with Crippen molar-refractivity contribution in [2.24, 2.45) is 5.41 Å². The van der Waals surface area contributed by atoms with E-state index >= 15 is 0 Å². The van der Waals surface area contributed by atoms with E-state index < -0.39 is 17.8 Å². The van der Waals surface area contributed by atoms with Crippen molar-refractivity contribution in [1.82, 2.24) is 25.9 Å². The fraction of sp³-hybridized carbons (Fsp3) is 0.353. The summed E-state index contributed by atoms with van der Waals surface area (Å²) < 4.78 is 47.7. The molecule has 244 valence electrons. The normalized spacial score (nSPS) is 16.2. The van der Waals surface area contributed by atoms with Crippen LogP contribution in [-0.2, 0) is 0 Å². The maximum absolute atomic E-state index is 14.1. The Morgan fingerprint density at radius 3 is 2.51 bits per heavy atom. The van der Waals surface area contributed by atoms with Gasteiger partial charge in [-0.1, -0.05) is 39.5 Å². The number of alkyl halides is 3. The summed E-state index contributed by atoms with van der Waals surface area (Å²) in [5, 5.41) is 28.4. The molecular formula is C34H36F3N9O. The third-order valence-electron chi connectivity index (χ3n) is 8.11. The molecule has 0 saturated heterocycles. The zero-order chi connectivity index (χ0) is 34.1. The summed E-state index contributed by atoms with van der Waals surface area (Å²) in [4.78, 5) is 8.73. The molecule has 4 N–H and O–H groups in total. The minimum atomic E-state index is -4.45. The summed E-state index contributed by atoms with van der Waals surface area (Å²) in [5.41, 5.74) is 7.57. The lowest BCUT2D eigenvalue weighted by atomic mass is 9.93. The Balaban J connectivity index is 1.65. The summed E-state index contributed by atoms with van der Waals surface area (Å²) in [7, 11) is 1.50. The molecule has 2 aromatic heterocycles. The minimum Gasteiger partial charge on any atom is -0.481 e. The van der Waals surface area contributed by atoms with Crippen LogP contribution in [0.4, 0.5) is 24.5 Å². The highest BCUT2D eigenvalue weighted by Crippen LogP contribution is 2.53. The zero-order valence-corrected chi connectivity index (χ0v) is 26.8. The molecule has 1 aliphatic heterocycles. The smallest absolute Gasteiger partial charge is 0.413 e. The SMILES string of the molecule is C=C(c1ccnc(OC)c1/C=C\C)[C@H](Nc1cc(C#N)c2ncc(C#N)c(NCC(C)(C)C)c2c1)C1=CN(C2(C(F)(F)F)CC2)NN1. The number of aromatic nitrogens is 2. The van der Waals surface area contributed by atoms with Gasteiger partial charge in [-0.05, 0) is 54.5 Å². The molecule has 1 atom stereocenters. The number of ether oxygens (including phenoxy) is 1. The Labute approximate surface area is 271 Å². The van der Waals surface area contributed by atoms with Gasteiger partial charge in [0.2, 0.25) is 5.88 Å². The predicted molar refractivity (Wildman–Crippen MR) is 175 cm³/mol. The van der Waals surface area contributed by atoms with Gasteiger partial charge in [0.15, 0.2) is 5.54 Å². The number of methoxy groups -OCH3 is 1. The largest absolute Gasteiger partial charge is 0.481 e. The molecule has 10 nitrogen and oxygen atoms in total. The van der Waals surface area contributed by atoms with Crippen LogP contribution in [0.15, 0.2) is 55.1 Å². The monoisotopic (exact) mass is 643 g/mol. The van der Waals surface area contributed by atoms with Crippen LogP contribution in [-0.4, -0.2) is 46.4 Å². The summed E-state index contributed by atoms with van der Waals surface area (Å²) in [6.45, 7) is 12.9. The molecule has 3 aromatic rings. The van der Waals surface area contributed by atoms with Crippen LogP contribution in [0.25, 0.3) is 22.6 Å². The molecule has 1 saturated carbocycles. The molecule has 1 aliphatic carbocycles. The van der Waals surface area contributed by atoms with Crippen molar-refractivity contribution in [3.8, 4) is 18.0 Å². The fourth-order valence-corrected chi connectivity index (χ4v) is 5.48. The highest BCUT2D eigenvalue weighted by atomic mass is 19.4. The maximum Gasteiger partial charge on any atom is 0.413 e. The van der Waals surface area contributed by atoms with Gasteiger partial charge in [0, 0.05) is 41.8 Å². The Morgan fingerprint density at radius 2 is 1.91 bits per heavy atom. The second kappa shape index (κ2) is 12.5. The first kappa shape index (κ1) is 33.1. The number of rotatable bonds is 10. The first-order valence-electron chi connectivity index (χ1n) is 15.0. The Bertz CT molecular complexity index is 1860. The standard InChI is InChI=1S/C34H36F3N9O/c1-7-8-25-24(9-12-40-31(25)47-6)20(2)28(27-18-46(45-44-27)33(10-11-33)34(35,36)37)43-23-13-21(15-38)29-26(14-23)30(22(16-39)17-41-29)42-19-32(3,4)5/h7-9,12-14,17-18,28,43-45H,2,10-11,19H2,1,3-6H3,(H,41,42)/b8-7-/t28-/m0/s1. The third-order valence-corrected chi connectivity index (χ3v) is 8.11. The quantitative estimate of drug-likeness (QED) is 0.191. The molecule has 13 heteroatoms. The molecular weight excluding hydrogens is 607 g/mol. The van der Waals surface area contributed by atoms with Crippen LogP contribution in [0.3, 0.4) is 0 Å². The molecule has 0 spiro atoms. The molecule has 2 aliphatic rings. The average molecular weight is 644 g/mol. The van der Waals surface area contributed by atoms with E-state index in [9.17, 15) is 23.7 Å². The maximum atomic E-state index is 14.1. The summed E-state index contributed by atoms with van der Waals surface area (Å²) in [6.07, 6.45) is 3.50. The summed E-state index contributed by atoms with van der Waals surface area (Å²) in [6, 6.07) is 8.70. The number of allylic oxidation sites excluding steroid dienone is 1. The second-order valence-electron chi connectivity index (χ2n) is 12.7. The van der Waals surface area contributed by atoms with Gasteiger partial charge < -0.3 is 20.8 Å². The lowest BCUT2D eigenvalue weighted by Gasteiger charge is -2.28. The predicted octanol–water partition coefficient (Wildman–Crippen LogP) is 6.63. The van der Waals surface area contributed by atoms with Crippen molar-refractivity contribution in [1.29, 1.82) is 10.5 Å². The van der Waals surface area contributed by atoms with Crippen molar-refractivity contribution >= 4 is 33.9 Å². The van der Waals surface area contributed by atoms with E-state index in [1.165, 1.54) is 19.5 Å². The van der Waals surface area contributed by atoms with Crippen molar-refractivity contribution in [2.45, 2.75) is 58.3 Å². The van der Waals surface area contributed by atoms with Gasteiger partial charge in [-0.2, -0.15) is 23.7 Å². The van der Waals surface area contributed by atoms with Gasteiger partial charge in [-0.3, -0.25) is 9.99 Å². The molecule has 47 heavy (non-hydrogen) atoms. The van der Waals surface area contributed by atoms with Crippen molar-refractivity contribution in [3.05, 3.63) is 77.4 Å². The first-order chi connectivity index (χ1) is 22.3. The number of halogens is 3. The van der Waals surface area contributed by atoms with Crippen molar-refractivity contribution in [3.63, 3.8) is 0 Å². The number of benzene rings is 1. The van der Waals surface area contributed by atoms with Crippen LogP contribution in [0.2, 0.25) is 0 Å². The van der Waals surface area contributed by atoms with Gasteiger partial charge in [0.1, 0.15) is 12.1 Å². The molecule has 1 fully saturated rings. The van der Waals surface area contributed by atoms with E-state index in [2.05, 4.69) is 71.1 Å². The molecule has 1 aromatic carbocycles. The average Bonchev–Trinajstić information content (AvgIpc) is 3.72. The van der Waals surface area contributed by atoms with E-state index in [0.29, 0.717) is 62.7 Å². The van der Waals surface area contributed by atoms with Crippen molar-refractivity contribution < 1.29 is 17.9 Å². The zero-order valence-electron chi connectivity index (χ0n) is 26.8. The van der Waals surface area contributed by atoms with E-state index in [-0.39, 0.29) is 23.8 Å². The number of hydrogen-bond acceptors (Lipinski definition) is 10. The van der Waals surface area contributed by atoms with Crippen LogP contribution in [0.5, 0.6) is 5.88 Å². The number of fused-ring (bicyclic) bond motifs is 1. The van der Waals surface area contributed by atoms with Gasteiger partial charge in [-0.15, -0.1) is 5.53 Å². The number of nitrogens with zero attached hydrogens (tertiary/aromatic N) is 5. The van der Waals surface area contributed by atoms with Gasteiger partial charge >= 0.3 is 6.18 Å². The second-order valence-corrected chi connectivity index (χ2v) is 12.7. The van der Waals surface area contributed by atoms with E-state index in [4.69, 9.17) is 4.74 Å². The van der Waals surface area contributed by atoms with Crippen LogP contribution >= 0.6 is 0 Å². The third kappa shape index (κ3) is 6.40. The fourth-order valence-electron chi connectivity index (χ4n) is 5.48. The van der Waals surface area contributed by atoms with Gasteiger partial charge in [0.25, 0.3) is 0 Å². The first-order valence-corrected chi connectivity index (χ1v) is 15.0. The molecule has 0 radical (unpaired) electrons. The number of anilines is 2. The summed E-state index contributed by atoms with van der Waals surface area (Å²) >= 11 is 0. The summed E-state index contributed by atoms with van der Waals surface area (Å²) in [5.74, 6) is 0.352. The minimum absolute atomic E-state index is 0.0459. The van der Waals surface area contributed by atoms with Gasteiger partial charge in [-0.25, -0.2) is 4.98 Å². The van der Waals surface area contributed by atoms with Crippen LogP contribution in [0, 0.1) is 28.1 Å². The van der Waals surface area contributed by atoms with Gasteiger partial charge in [0.05, 0.1) is 41.2 Å². The topological polar surface area (TPSA) is 134 Å². The molecule has 0 bridgehead atoms. The van der Waals surface area contributed by atoms with Crippen molar-refractivity contribution in [2.75, 3.05) is 24.3 Å². The van der Waals surface area contributed by atoms with E-state index in [0.717, 1.165) is 5.01 Å². The van der Waals surface area contributed by atoms with E-state index in [1.807, 2.05) is 19.1 Å². The molecule has 0 unspecified atom stereocenters. The Hall–Kier alpha value is -5.27. The Kier molecular flexibility index (Phi) is 8.80. The van der Waals surface area contributed by atoms with Crippen LogP contribution < -0.4 is 26.3 Å². The number of hydrogen-bond donors (Lipinski definition) is 4. The number of nitrogens with one attached hydrogen (secondary N) is 4. The highest BCUT2D eigenvalue weighted by Gasteiger charge is 2.67. The number of pyridine rings is 2. The molecule has 0 amide bonds. The Morgan fingerprint density at radius 1 is 1.19 bits per heavy atom. The van der Waals surface area contributed by atoms with E-state index in [1.54, 1.807) is 24.4 Å². The highest BCUT2D eigenvalue weighted by molar-refractivity contribution is 5.99. The lowest BCUT2D eigenvalue weighted by molar-refractivity contribution is -0.195. The lowest BCUT2D eigenvalue weighted by Crippen LogP contribution is -2.52. The van der Waals surface area contributed by atoms with Crippen LogP contribution in [0.1, 0.15) is 62.8 Å².